The molecule has 4 aromatic rings. The van der Waals surface area contributed by atoms with E-state index < -0.39 is 0 Å². The molecular weight excluding hydrogens is 506 g/mol. The van der Waals surface area contributed by atoms with Crippen molar-refractivity contribution in [2.45, 2.75) is 44.8 Å². The summed E-state index contributed by atoms with van der Waals surface area (Å²) in [5.74, 6) is 3.41. The Hall–Kier alpha value is -3.12. The third-order valence-electron chi connectivity index (χ3n) is 9.00. The number of nitrogens with zero attached hydrogens (tertiary/aromatic N) is 9. The maximum absolute atomic E-state index is 5.66. The SMILES string of the molecule is Cc1nc2ccccc2n1-c1nc(N2CCOCC2)c2nc(CN3CCC(N(C)C4CCOC4)CC3)n(C)c2n1. The second kappa shape index (κ2) is 10.7. The van der Waals surface area contributed by atoms with Crippen LogP contribution in [-0.2, 0) is 23.1 Å². The zero-order valence-electron chi connectivity index (χ0n) is 23.8. The van der Waals surface area contributed by atoms with Gasteiger partial charge in [0.2, 0.25) is 5.95 Å². The fraction of sp³-hybridized carbons (Fsp3) is 0.586. The highest BCUT2D eigenvalue weighted by Gasteiger charge is 2.30. The van der Waals surface area contributed by atoms with E-state index in [9.17, 15) is 0 Å². The second-order valence-electron chi connectivity index (χ2n) is 11.4. The second-order valence-corrected chi connectivity index (χ2v) is 11.4. The highest BCUT2D eigenvalue weighted by atomic mass is 16.5. The molecule has 1 aromatic carbocycles. The van der Waals surface area contributed by atoms with Crippen LogP contribution in [-0.4, -0.2) is 111 Å². The van der Waals surface area contributed by atoms with Crippen molar-refractivity contribution < 1.29 is 9.47 Å². The molecule has 7 rings (SSSR count). The summed E-state index contributed by atoms with van der Waals surface area (Å²) in [6.45, 7) is 9.67. The van der Waals surface area contributed by atoms with Gasteiger partial charge in [0.25, 0.3) is 0 Å². The molecule has 1 unspecified atom stereocenters. The molecule has 11 heteroatoms. The van der Waals surface area contributed by atoms with Gasteiger partial charge in [-0.1, -0.05) is 12.1 Å². The molecule has 212 valence electrons. The Labute approximate surface area is 234 Å². The van der Waals surface area contributed by atoms with Crippen LogP contribution in [0.15, 0.2) is 24.3 Å². The lowest BCUT2D eigenvalue weighted by molar-refractivity contribution is 0.0819. The van der Waals surface area contributed by atoms with Gasteiger partial charge in [-0.2, -0.15) is 9.97 Å². The summed E-state index contributed by atoms with van der Waals surface area (Å²) in [4.78, 5) is 27.5. The van der Waals surface area contributed by atoms with Gasteiger partial charge in [0.15, 0.2) is 17.0 Å². The highest BCUT2D eigenvalue weighted by molar-refractivity contribution is 5.86. The lowest BCUT2D eigenvalue weighted by Crippen LogP contribution is -2.47. The molecule has 40 heavy (non-hydrogen) atoms. The number of anilines is 1. The number of rotatable bonds is 6. The van der Waals surface area contributed by atoms with E-state index in [0.717, 1.165) is 92.0 Å². The molecule has 11 nitrogen and oxygen atoms in total. The average Bonchev–Trinajstić information content (AvgIpc) is 3.71. The molecular formula is C29H39N9O2. The van der Waals surface area contributed by atoms with Crippen molar-refractivity contribution in [3.63, 3.8) is 0 Å². The van der Waals surface area contributed by atoms with E-state index in [4.69, 9.17) is 29.4 Å². The first-order valence-corrected chi connectivity index (χ1v) is 14.6. The quantitative estimate of drug-likeness (QED) is 0.363. The third-order valence-corrected chi connectivity index (χ3v) is 9.00. The van der Waals surface area contributed by atoms with Crippen LogP contribution in [0.5, 0.6) is 0 Å². The summed E-state index contributed by atoms with van der Waals surface area (Å²) >= 11 is 0. The summed E-state index contributed by atoms with van der Waals surface area (Å²) < 4.78 is 15.5. The molecule has 3 fully saturated rings. The van der Waals surface area contributed by atoms with Crippen molar-refractivity contribution in [2.24, 2.45) is 7.05 Å². The summed E-state index contributed by atoms with van der Waals surface area (Å²) in [6.07, 6.45) is 3.50. The minimum absolute atomic E-state index is 0.569. The Morgan fingerprint density at radius 3 is 2.48 bits per heavy atom. The largest absolute Gasteiger partial charge is 0.380 e. The summed E-state index contributed by atoms with van der Waals surface area (Å²) in [6, 6.07) is 9.35. The Kier molecular flexibility index (Phi) is 6.91. The van der Waals surface area contributed by atoms with E-state index >= 15 is 0 Å². The average molecular weight is 546 g/mol. The molecule has 3 saturated heterocycles. The highest BCUT2D eigenvalue weighted by Crippen LogP contribution is 2.29. The lowest BCUT2D eigenvalue weighted by Gasteiger charge is -2.38. The molecule has 0 radical (unpaired) electrons. The summed E-state index contributed by atoms with van der Waals surface area (Å²) in [5.41, 5.74) is 3.67. The van der Waals surface area contributed by atoms with E-state index in [2.05, 4.69) is 44.0 Å². The maximum atomic E-state index is 5.66. The van der Waals surface area contributed by atoms with Crippen LogP contribution in [0.4, 0.5) is 5.82 Å². The van der Waals surface area contributed by atoms with E-state index in [1.807, 2.05) is 25.1 Å². The number of para-hydroxylation sites is 2. The molecule has 0 aliphatic carbocycles. The van der Waals surface area contributed by atoms with E-state index in [0.29, 0.717) is 31.2 Å². The molecule has 6 heterocycles. The topological polar surface area (TPSA) is 89.6 Å². The van der Waals surface area contributed by atoms with E-state index in [1.54, 1.807) is 0 Å². The number of morpholine rings is 1. The van der Waals surface area contributed by atoms with Crippen LogP contribution in [0, 0.1) is 6.92 Å². The number of piperidine rings is 1. The molecule has 3 aliphatic heterocycles. The van der Waals surface area contributed by atoms with Crippen molar-refractivity contribution >= 4 is 28.0 Å². The fourth-order valence-electron chi connectivity index (χ4n) is 6.54. The lowest BCUT2D eigenvalue weighted by atomic mass is 10.0. The first kappa shape index (κ1) is 25.8. The van der Waals surface area contributed by atoms with Gasteiger partial charge >= 0.3 is 0 Å². The number of imidazole rings is 2. The number of ether oxygens (including phenoxy) is 2. The van der Waals surface area contributed by atoms with Gasteiger partial charge in [0.1, 0.15) is 11.6 Å². The Morgan fingerprint density at radius 2 is 1.70 bits per heavy atom. The smallest absolute Gasteiger partial charge is 0.239 e. The van der Waals surface area contributed by atoms with Crippen LogP contribution in [0.1, 0.15) is 30.9 Å². The van der Waals surface area contributed by atoms with Gasteiger partial charge in [0.05, 0.1) is 37.4 Å². The first-order valence-electron chi connectivity index (χ1n) is 14.6. The van der Waals surface area contributed by atoms with Crippen LogP contribution in [0.2, 0.25) is 0 Å². The predicted molar refractivity (Wildman–Crippen MR) is 154 cm³/mol. The number of fused-ring (bicyclic) bond motifs is 2. The molecule has 0 saturated carbocycles. The number of likely N-dealkylation sites (tertiary alicyclic amines) is 1. The zero-order valence-corrected chi connectivity index (χ0v) is 23.8. The van der Waals surface area contributed by atoms with Crippen LogP contribution in [0.25, 0.3) is 28.1 Å². The van der Waals surface area contributed by atoms with E-state index in [-0.39, 0.29) is 0 Å². The molecule has 0 N–H and O–H groups in total. The summed E-state index contributed by atoms with van der Waals surface area (Å²) in [5, 5.41) is 0. The Balaban J connectivity index is 1.20. The Bertz CT molecular complexity index is 1490. The molecule has 1 atom stereocenters. The normalized spacial score (nSPS) is 21.4. The van der Waals surface area contributed by atoms with Gasteiger partial charge in [-0.05, 0) is 45.4 Å². The number of aromatic nitrogens is 6. The van der Waals surface area contributed by atoms with Crippen LogP contribution < -0.4 is 4.90 Å². The number of aryl methyl sites for hydroxylation is 2. The van der Waals surface area contributed by atoms with Gasteiger partial charge in [-0.25, -0.2) is 9.97 Å². The van der Waals surface area contributed by atoms with Gasteiger partial charge in [0, 0.05) is 51.9 Å². The third kappa shape index (κ3) is 4.64. The van der Waals surface area contributed by atoms with Crippen LogP contribution >= 0.6 is 0 Å². The molecule has 0 amide bonds. The number of hydrogen-bond acceptors (Lipinski definition) is 9. The predicted octanol–water partition coefficient (Wildman–Crippen LogP) is 2.53. The monoisotopic (exact) mass is 545 g/mol. The first-order chi connectivity index (χ1) is 19.6. The molecule has 3 aliphatic rings. The summed E-state index contributed by atoms with van der Waals surface area (Å²) in [7, 11) is 4.36. The molecule has 3 aromatic heterocycles. The fourth-order valence-corrected chi connectivity index (χ4v) is 6.54. The minimum Gasteiger partial charge on any atom is -0.380 e. The molecule has 0 bridgehead atoms. The number of likely N-dealkylation sites (N-methyl/N-ethyl adjacent to an activating group) is 1. The van der Waals surface area contributed by atoms with Crippen molar-refractivity contribution in [2.75, 3.05) is 64.6 Å². The number of hydrogen-bond donors (Lipinski definition) is 0. The van der Waals surface area contributed by atoms with Gasteiger partial charge in [-0.3, -0.25) is 14.4 Å². The van der Waals surface area contributed by atoms with Gasteiger partial charge < -0.3 is 18.9 Å². The van der Waals surface area contributed by atoms with Crippen molar-refractivity contribution in [1.82, 2.24) is 38.9 Å². The molecule has 0 spiro atoms. The standard InChI is InChI=1S/C29H39N9O2/c1-20-30-23-6-4-5-7-24(23)38(20)29-32-27-26(28(33-29)37-13-16-39-17-14-37)31-25(35(27)3)18-36-11-8-21(9-12-36)34(2)22-10-15-40-19-22/h4-7,21-22H,8-19H2,1-3H3. The number of benzene rings is 1. The zero-order chi connectivity index (χ0) is 27.2. The Morgan fingerprint density at radius 1 is 0.900 bits per heavy atom. The minimum atomic E-state index is 0.569. The van der Waals surface area contributed by atoms with E-state index in [1.165, 1.54) is 12.8 Å². The van der Waals surface area contributed by atoms with Gasteiger partial charge in [-0.15, -0.1) is 0 Å². The van der Waals surface area contributed by atoms with Crippen molar-refractivity contribution in [3.05, 3.63) is 35.9 Å². The van der Waals surface area contributed by atoms with Crippen molar-refractivity contribution in [3.8, 4) is 5.95 Å². The maximum Gasteiger partial charge on any atom is 0.239 e. The van der Waals surface area contributed by atoms with Crippen molar-refractivity contribution in [1.29, 1.82) is 0 Å². The van der Waals surface area contributed by atoms with Crippen LogP contribution in [0.3, 0.4) is 0 Å².